The first-order valence-corrected chi connectivity index (χ1v) is 15.9. The molecule has 2 atom stereocenters. The maximum Gasteiger partial charge on any atom is 0.315 e. The van der Waals surface area contributed by atoms with Crippen molar-refractivity contribution in [1.82, 2.24) is 9.80 Å². The van der Waals surface area contributed by atoms with E-state index in [1.54, 1.807) is 24.8 Å². The predicted octanol–water partition coefficient (Wildman–Crippen LogP) is 6.76. The fourth-order valence-electron chi connectivity index (χ4n) is 7.16. The van der Waals surface area contributed by atoms with Crippen molar-refractivity contribution in [3.63, 3.8) is 0 Å². The number of methoxy groups -OCH3 is 1. The van der Waals surface area contributed by atoms with Crippen molar-refractivity contribution in [2.75, 3.05) is 33.3 Å². The van der Waals surface area contributed by atoms with Crippen LogP contribution in [-0.2, 0) is 19.7 Å². The Bertz CT molecular complexity index is 1590. The van der Waals surface area contributed by atoms with Crippen LogP contribution in [0, 0.1) is 16.0 Å². The quantitative estimate of drug-likeness (QED) is 0.0991. The van der Waals surface area contributed by atoms with Gasteiger partial charge in [-0.2, -0.15) is 0 Å². The molecule has 9 nitrogen and oxygen atoms in total. The Morgan fingerprint density at radius 2 is 1.67 bits per heavy atom. The van der Waals surface area contributed by atoms with Crippen LogP contribution in [0.2, 0.25) is 5.02 Å². The van der Waals surface area contributed by atoms with Gasteiger partial charge in [-0.25, -0.2) is 0 Å². The summed E-state index contributed by atoms with van der Waals surface area (Å²) >= 11 is 6.13. The highest BCUT2D eigenvalue weighted by atomic mass is 35.5. The Kier molecular flexibility index (Phi) is 10.3. The number of amides is 1. The van der Waals surface area contributed by atoms with Crippen LogP contribution in [0.25, 0.3) is 0 Å². The molecule has 0 spiro atoms. The SMILES string of the molecule is COC(=O)C1C(C)=NC(C)=C(N(C=O)CCCN2CCC(c3ccccc3)(c3ccccc3)CC2)C1c1ccc(Cl)c([N+](=O)[O-])c1. The number of aliphatic imine (C=N–C) groups is 1. The Morgan fingerprint density at radius 3 is 2.22 bits per heavy atom. The smallest absolute Gasteiger partial charge is 0.315 e. The van der Waals surface area contributed by atoms with Crippen molar-refractivity contribution in [2.45, 2.75) is 44.4 Å². The second kappa shape index (κ2) is 14.4. The van der Waals surface area contributed by atoms with Gasteiger partial charge in [0.05, 0.1) is 23.4 Å². The van der Waals surface area contributed by atoms with E-state index in [4.69, 9.17) is 16.3 Å². The molecule has 0 saturated carbocycles. The summed E-state index contributed by atoms with van der Waals surface area (Å²) < 4.78 is 5.14. The van der Waals surface area contributed by atoms with Gasteiger partial charge in [0.15, 0.2) is 0 Å². The number of esters is 1. The number of nitrogens with zero attached hydrogens (tertiary/aromatic N) is 4. The average molecular weight is 643 g/mol. The van der Waals surface area contributed by atoms with E-state index in [0.29, 0.717) is 35.6 Å². The molecule has 1 saturated heterocycles. The van der Waals surface area contributed by atoms with Crippen molar-refractivity contribution in [2.24, 2.45) is 10.9 Å². The number of carbonyl (C=O) groups is 2. The molecule has 2 heterocycles. The van der Waals surface area contributed by atoms with Crippen LogP contribution in [0.15, 0.2) is 95.2 Å². The Hall–Kier alpha value is -4.34. The molecule has 240 valence electrons. The minimum atomic E-state index is -0.863. The highest BCUT2D eigenvalue weighted by Crippen LogP contribution is 2.44. The molecule has 0 radical (unpaired) electrons. The molecule has 2 aliphatic heterocycles. The Labute approximate surface area is 274 Å². The van der Waals surface area contributed by atoms with Gasteiger partial charge in [-0.15, -0.1) is 0 Å². The summed E-state index contributed by atoms with van der Waals surface area (Å²) in [5, 5.41) is 11.7. The van der Waals surface area contributed by atoms with E-state index in [2.05, 4.69) is 70.6 Å². The van der Waals surface area contributed by atoms with Gasteiger partial charge in [0, 0.05) is 29.7 Å². The lowest BCUT2D eigenvalue weighted by Gasteiger charge is -2.43. The maximum absolute atomic E-state index is 13.1. The molecular weight excluding hydrogens is 604 g/mol. The van der Waals surface area contributed by atoms with E-state index in [0.717, 1.165) is 38.9 Å². The Morgan fingerprint density at radius 1 is 1.07 bits per heavy atom. The molecule has 0 N–H and O–H groups in total. The minimum absolute atomic E-state index is 0.0101. The van der Waals surface area contributed by atoms with E-state index < -0.39 is 22.7 Å². The number of ether oxygens (including phenoxy) is 1. The summed E-state index contributed by atoms with van der Waals surface area (Å²) in [5.74, 6) is -2.12. The maximum atomic E-state index is 13.1. The molecule has 3 aromatic carbocycles. The van der Waals surface area contributed by atoms with Gasteiger partial charge in [0.25, 0.3) is 5.69 Å². The van der Waals surface area contributed by atoms with E-state index in [-0.39, 0.29) is 16.1 Å². The summed E-state index contributed by atoms with van der Waals surface area (Å²) in [6.07, 6.45) is 3.41. The molecule has 3 aromatic rings. The van der Waals surface area contributed by atoms with Crippen molar-refractivity contribution in [1.29, 1.82) is 0 Å². The van der Waals surface area contributed by atoms with Crippen LogP contribution in [0.3, 0.4) is 0 Å². The van der Waals surface area contributed by atoms with Crippen LogP contribution in [0.4, 0.5) is 5.69 Å². The molecule has 0 aliphatic carbocycles. The van der Waals surface area contributed by atoms with Gasteiger partial charge in [0.2, 0.25) is 6.41 Å². The Balaban J connectivity index is 1.35. The second-order valence-electron chi connectivity index (χ2n) is 12.0. The molecule has 1 fully saturated rings. The van der Waals surface area contributed by atoms with Gasteiger partial charge in [-0.05, 0) is 75.5 Å². The lowest BCUT2D eigenvalue weighted by Crippen LogP contribution is -2.44. The largest absolute Gasteiger partial charge is 0.468 e. The third-order valence-corrected chi connectivity index (χ3v) is 9.77. The number of piperidine rings is 1. The molecule has 2 aliphatic rings. The molecule has 0 aromatic heterocycles. The summed E-state index contributed by atoms with van der Waals surface area (Å²) in [7, 11) is 1.29. The molecule has 1 amide bonds. The molecule has 0 bridgehead atoms. The fourth-order valence-corrected chi connectivity index (χ4v) is 7.35. The third kappa shape index (κ3) is 6.62. The predicted molar refractivity (Wildman–Crippen MR) is 179 cm³/mol. The number of halogens is 1. The topological polar surface area (TPSA) is 105 Å². The third-order valence-electron chi connectivity index (χ3n) is 9.45. The van der Waals surface area contributed by atoms with Crippen LogP contribution < -0.4 is 0 Å². The molecule has 10 heteroatoms. The molecular formula is C36H39ClN4O5. The molecule has 2 unspecified atom stereocenters. The zero-order valence-corrected chi connectivity index (χ0v) is 27.2. The highest BCUT2D eigenvalue weighted by Gasteiger charge is 2.42. The number of benzene rings is 3. The number of hydrogen-bond acceptors (Lipinski definition) is 7. The molecule has 5 rings (SSSR count). The number of nitro benzene ring substituents is 1. The second-order valence-corrected chi connectivity index (χ2v) is 12.4. The van der Waals surface area contributed by atoms with Gasteiger partial charge >= 0.3 is 5.97 Å². The zero-order chi connectivity index (χ0) is 32.8. The first-order valence-electron chi connectivity index (χ1n) is 15.5. The standard InChI is InChI=1S/C36H39ClN4O5/c1-25-32(35(43)46-3)33(27-15-16-30(37)31(23-27)41(44)45)34(26(2)38-25)40(24-42)20-10-19-39-21-17-36(18-22-39,28-11-6-4-7-12-28)29-13-8-5-9-14-29/h4-9,11-16,23-24,32-33H,10,17-22H2,1-3H3. The number of likely N-dealkylation sites (tertiary alicyclic amines) is 1. The van der Waals surface area contributed by atoms with Gasteiger partial charge in [0.1, 0.15) is 10.9 Å². The first kappa shape index (κ1) is 33.0. The summed E-state index contributed by atoms with van der Waals surface area (Å²) in [5.41, 5.74) is 4.43. The normalized spacial score (nSPS) is 19.7. The lowest BCUT2D eigenvalue weighted by atomic mass is 9.68. The van der Waals surface area contributed by atoms with Crippen LogP contribution in [0.1, 0.15) is 55.7 Å². The number of nitro groups is 1. The monoisotopic (exact) mass is 642 g/mol. The number of allylic oxidation sites excluding steroid dienone is 2. The average Bonchev–Trinajstić information content (AvgIpc) is 3.08. The fraction of sp³-hybridized carbons (Fsp3) is 0.361. The van der Waals surface area contributed by atoms with Crippen LogP contribution in [0.5, 0.6) is 0 Å². The van der Waals surface area contributed by atoms with Crippen molar-refractivity contribution in [3.8, 4) is 0 Å². The van der Waals surface area contributed by atoms with E-state index in [9.17, 15) is 19.7 Å². The summed E-state index contributed by atoms with van der Waals surface area (Å²) in [6.45, 7) is 6.53. The van der Waals surface area contributed by atoms with E-state index in [1.807, 2.05) is 0 Å². The number of carbonyl (C=O) groups excluding carboxylic acids is 2. The number of hydrogen-bond donors (Lipinski definition) is 0. The zero-order valence-electron chi connectivity index (χ0n) is 26.4. The van der Waals surface area contributed by atoms with Gasteiger partial charge < -0.3 is 14.5 Å². The summed E-state index contributed by atoms with van der Waals surface area (Å²) in [4.78, 5) is 45.6. The van der Waals surface area contributed by atoms with Gasteiger partial charge in [-0.3, -0.25) is 24.7 Å². The van der Waals surface area contributed by atoms with E-state index in [1.165, 1.54) is 30.4 Å². The number of rotatable bonds is 11. The minimum Gasteiger partial charge on any atom is -0.468 e. The summed E-state index contributed by atoms with van der Waals surface area (Å²) in [6, 6.07) is 25.9. The highest BCUT2D eigenvalue weighted by molar-refractivity contribution is 6.32. The van der Waals surface area contributed by atoms with E-state index >= 15 is 0 Å². The van der Waals surface area contributed by atoms with Crippen molar-refractivity contribution >= 4 is 35.4 Å². The molecule has 46 heavy (non-hydrogen) atoms. The van der Waals surface area contributed by atoms with Crippen molar-refractivity contribution < 1.29 is 19.2 Å². The first-order chi connectivity index (χ1) is 22.2. The van der Waals surface area contributed by atoms with Crippen LogP contribution in [-0.4, -0.2) is 66.1 Å². The lowest BCUT2D eigenvalue weighted by molar-refractivity contribution is -0.384. The van der Waals surface area contributed by atoms with Gasteiger partial charge in [-0.1, -0.05) is 78.3 Å². The van der Waals surface area contributed by atoms with Crippen molar-refractivity contribution in [3.05, 3.63) is 122 Å². The van der Waals surface area contributed by atoms with Crippen LogP contribution >= 0.6 is 11.6 Å².